The van der Waals surface area contributed by atoms with Gasteiger partial charge >= 0.3 is 0 Å². The van der Waals surface area contributed by atoms with Gasteiger partial charge < -0.3 is 24.5 Å². The largest absolute Gasteiger partial charge is 0.454 e. The van der Waals surface area contributed by atoms with E-state index in [1.165, 1.54) is 12.8 Å². The molecule has 1 aromatic carbocycles. The van der Waals surface area contributed by atoms with E-state index < -0.39 is 0 Å². The van der Waals surface area contributed by atoms with Crippen molar-refractivity contribution in [1.29, 1.82) is 0 Å². The monoisotopic (exact) mass is 393 g/mol. The number of nitrogens with zero attached hydrogens (tertiary/aromatic N) is 4. The minimum Gasteiger partial charge on any atom is -0.454 e. The second-order valence-electron chi connectivity index (χ2n) is 7.97. The van der Waals surface area contributed by atoms with E-state index in [0.29, 0.717) is 18.0 Å². The van der Waals surface area contributed by atoms with E-state index in [1.807, 2.05) is 18.2 Å². The number of epoxide rings is 1. The molecule has 0 spiro atoms. The van der Waals surface area contributed by atoms with E-state index in [-0.39, 0.29) is 6.79 Å². The van der Waals surface area contributed by atoms with E-state index in [1.54, 1.807) is 6.33 Å². The molecule has 0 amide bonds. The highest BCUT2D eigenvalue weighted by molar-refractivity contribution is 6.00. The molecule has 3 aliphatic heterocycles. The number of hydrogen-bond acceptors (Lipinski definition) is 7. The number of nitrogens with two attached hydrogens (primary N) is 1. The normalized spacial score (nSPS) is 23.2. The van der Waals surface area contributed by atoms with Gasteiger partial charge in [-0.1, -0.05) is 6.07 Å². The van der Waals surface area contributed by atoms with Crippen LogP contribution in [0.5, 0.6) is 11.5 Å². The lowest BCUT2D eigenvalue weighted by Crippen LogP contribution is -2.35. The lowest BCUT2D eigenvalue weighted by Gasteiger charge is -2.24. The van der Waals surface area contributed by atoms with E-state index in [4.69, 9.17) is 19.9 Å². The number of likely N-dealkylation sites (tertiary alicyclic amines) is 1. The molecule has 6 rings (SSSR count). The fourth-order valence-electron chi connectivity index (χ4n) is 4.57. The maximum Gasteiger partial charge on any atom is 0.231 e. The number of aromatic nitrogens is 3. The van der Waals surface area contributed by atoms with Gasteiger partial charge in [-0.15, -0.1) is 0 Å². The lowest BCUT2D eigenvalue weighted by atomic mass is 10.1. The average molecular weight is 393 g/mol. The van der Waals surface area contributed by atoms with Crippen LogP contribution in [0, 0.1) is 0 Å². The number of fused-ring (bicyclic) bond motifs is 2. The molecule has 8 nitrogen and oxygen atoms in total. The summed E-state index contributed by atoms with van der Waals surface area (Å²) in [4.78, 5) is 11.4. The Morgan fingerprint density at radius 3 is 2.93 bits per heavy atom. The minimum atomic E-state index is 0.258. The van der Waals surface area contributed by atoms with Gasteiger partial charge in [0.05, 0.1) is 18.1 Å². The van der Waals surface area contributed by atoms with Crippen LogP contribution in [0.4, 0.5) is 5.82 Å². The van der Waals surface area contributed by atoms with Crippen LogP contribution in [0.1, 0.15) is 12.8 Å². The topological polar surface area (TPSA) is 91.0 Å². The first kappa shape index (κ1) is 17.1. The Morgan fingerprint density at radius 1 is 1.14 bits per heavy atom. The van der Waals surface area contributed by atoms with Crippen LogP contribution in [-0.2, 0) is 11.3 Å². The Balaban J connectivity index is 1.39. The van der Waals surface area contributed by atoms with Gasteiger partial charge in [-0.25, -0.2) is 9.97 Å². The first-order chi connectivity index (χ1) is 14.3. The van der Waals surface area contributed by atoms with Crippen molar-refractivity contribution in [3.05, 3.63) is 30.7 Å². The van der Waals surface area contributed by atoms with Crippen molar-refractivity contribution in [2.75, 3.05) is 32.2 Å². The summed E-state index contributed by atoms with van der Waals surface area (Å²) < 4.78 is 18.7. The highest BCUT2D eigenvalue weighted by Crippen LogP contribution is 2.39. The van der Waals surface area contributed by atoms with Gasteiger partial charge in [-0.2, -0.15) is 0 Å². The number of ether oxygens (including phenoxy) is 3. The molecule has 150 valence electrons. The van der Waals surface area contributed by atoms with Crippen LogP contribution in [0.3, 0.4) is 0 Å². The van der Waals surface area contributed by atoms with Crippen molar-refractivity contribution in [2.45, 2.75) is 31.5 Å². The van der Waals surface area contributed by atoms with Gasteiger partial charge in [0.2, 0.25) is 6.79 Å². The van der Waals surface area contributed by atoms with Crippen molar-refractivity contribution in [1.82, 2.24) is 19.4 Å². The van der Waals surface area contributed by atoms with Gasteiger partial charge in [0.25, 0.3) is 0 Å². The Labute approximate surface area is 168 Å². The van der Waals surface area contributed by atoms with Crippen LogP contribution in [-0.4, -0.2) is 58.1 Å². The summed E-state index contributed by atoms with van der Waals surface area (Å²) >= 11 is 0. The van der Waals surface area contributed by atoms with Crippen molar-refractivity contribution >= 4 is 16.9 Å². The molecule has 2 aromatic heterocycles. The molecule has 0 saturated carbocycles. The molecule has 2 fully saturated rings. The minimum absolute atomic E-state index is 0.258. The molecule has 0 bridgehead atoms. The van der Waals surface area contributed by atoms with E-state index in [0.717, 1.165) is 59.9 Å². The quantitative estimate of drug-likeness (QED) is 0.665. The maximum absolute atomic E-state index is 6.28. The molecule has 3 aliphatic rings. The van der Waals surface area contributed by atoms with Gasteiger partial charge in [0.1, 0.15) is 17.8 Å². The summed E-state index contributed by atoms with van der Waals surface area (Å²) in [7, 11) is 0. The summed E-state index contributed by atoms with van der Waals surface area (Å²) in [5.74, 6) is 2.02. The number of benzene rings is 1. The summed E-state index contributed by atoms with van der Waals surface area (Å²) in [5.41, 5.74) is 9.20. The number of anilines is 1. The average Bonchev–Trinajstić information content (AvgIpc) is 3.11. The molecule has 0 unspecified atom stereocenters. The van der Waals surface area contributed by atoms with E-state index in [2.05, 4.69) is 25.6 Å². The third-order valence-corrected chi connectivity index (χ3v) is 6.11. The first-order valence-corrected chi connectivity index (χ1v) is 10.1. The first-order valence-electron chi connectivity index (χ1n) is 10.1. The second-order valence-corrected chi connectivity index (χ2v) is 7.97. The summed E-state index contributed by atoms with van der Waals surface area (Å²) in [6.45, 7) is 4.19. The summed E-state index contributed by atoms with van der Waals surface area (Å²) in [6, 6.07) is 6.45. The predicted octanol–water partition coefficient (Wildman–Crippen LogP) is 2.27. The van der Waals surface area contributed by atoms with Crippen LogP contribution in [0.25, 0.3) is 22.2 Å². The molecule has 0 radical (unpaired) electrons. The Morgan fingerprint density at radius 2 is 2.03 bits per heavy atom. The molecule has 0 aliphatic carbocycles. The smallest absolute Gasteiger partial charge is 0.231 e. The third-order valence-electron chi connectivity index (χ3n) is 6.11. The molecule has 5 heterocycles. The van der Waals surface area contributed by atoms with Crippen molar-refractivity contribution in [2.24, 2.45) is 0 Å². The van der Waals surface area contributed by atoms with Gasteiger partial charge in [-0.3, -0.25) is 4.90 Å². The zero-order valence-electron chi connectivity index (χ0n) is 16.1. The maximum atomic E-state index is 6.28. The number of hydrogen-bond donors (Lipinski definition) is 1. The van der Waals surface area contributed by atoms with Crippen molar-refractivity contribution in [3.63, 3.8) is 0 Å². The van der Waals surface area contributed by atoms with Crippen LogP contribution in [0.15, 0.2) is 30.7 Å². The molecule has 2 saturated heterocycles. The molecule has 3 aromatic rings. The highest BCUT2D eigenvalue weighted by Gasteiger charge is 2.32. The fraction of sp³-hybridized carbons (Fsp3) is 0.429. The molecule has 8 heteroatoms. The van der Waals surface area contributed by atoms with Crippen molar-refractivity contribution in [3.8, 4) is 22.6 Å². The van der Waals surface area contributed by atoms with Crippen LogP contribution < -0.4 is 15.2 Å². The van der Waals surface area contributed by atoms with Crippen LogP contribution in [0.2, 0.25) is 0 Å². The Bertz CT molecular complexity index is 1080. The molecule has 29 heavy (non-hydrogen) atoms. The number of rotatable bonds is 5. The second kappa shape index (κ2) is 6.60. The molecular weight excluding hydrogens is 370 g/mol. The predicted molar refractivity (Wildman–Crippen MR) is 108 cm³/mol. The van der Waals surface area contributed by atoms with E-state index in [9.17, 15) is 0 Å². The summed E-state index contributed by atoms with van der Waals surface area (Å²) in [5, 5.41) is 0.890. The summed E-state index contributed by atoms with van der Waals surface area (Å²) in [6.07, 6.45) is 6.52. The molecule has 2 N–H and O–H groups in total. The fourth-order valence-corrected chi connectivity index (χ4v) is 4.57. The standard InChI is InChI=1S/C21H23N5O3/c22-20-19-16(13-3-4-17-18(6-13)29-12-28-17)9-26(21(19)24-11-23-20)7-14-2-1-5-25(14)8-15-10-27-15/h3-4,6,9,11,14-15H,1-2,5,7-8,10,12H2,(H2,22,23,24)/t14-,15+/m0/s1. The van der Waals surface area contributed by atoms with Gasteiger partial charge in [-0.05, 0) is 37.1 Å². The zero-order chi connectivity index (χ0) is 19.4. The Hall–Kier alpha value is -2.84. The molecule has 2 atom stereocenters. The SMILES string of the molecule is Nc1ncnc2c1c(-c1ccc3c(c1)OCO3)cn2C[C@@H]1CCCN1C[C@@H]1CO1. The van der Waals surface area contributed by atoms with E-state index >= 15 is 0 Å². The van der Waals surface area contributed by atoms with Crippen molar-refractivity contribution < 1.29 is 14.2 Å². The highest BCUT2D eigenvalue weighted by atomic mass is 16.7. The Kier molecular flexibility index (Phi) is 3.88. The molecular formula is C21H23N5O3. The third kappa shape index (κ3) is 2.99. The van der Waals surface area contributed by atoms with Crippen LogP contribution >= 0.6 is 0 Å². The van der Waals surface area contributed by atoms with Gasteiger partial charge in [0, 0.05) is 30.9 Å². The lowest BCUT2D eigenvalue weighted by molar-refractivity contribution is 0.174. The zero-order valence-corrected chi connectivity index (χ0v) is 16.1. The van der Waals surface area contributed by atoms with Gasteiger partial charge in [0.15, 0.2) is 11.5 Å². The number of nitrogen functional groups attached to an aromatic ring is 1.